The third kappa shape index (κ3) is 2.53. The molecule has 0 atom stereocenters. The molecule has 1 aliphatic carbocycles. The van der Waals surface area contributed by atoms with E-state index in [9.17, 15) is 0 Å². The minimum Gasteiger partial charge on any atom is -0.361 e. The monoisotopic (exact) mass is 347 g/mol. The fourth-order valence-corrected chi connectivity index (χ4v) is 4.81. The summed E-state index contributed by atoms with van der Waals surface area (Å²) in [6.07, 6.45) is 8.37. The molecule has 3 heterocycles. The number of hydrogen-bond donors (Lipinski definition) is 1. The van der Waals surface area contributed by atoms with Crippen LogP contribution in [-0.2, 0) is 19.4 Å². The lowest BCUT2D eigenvalue weighted by molar-refractivity contribution is 0.700. The minimum atomic E-state index is 0.543. The van der Waals surface area contributed by atoms with Crippen LogP contribution in [0.1, 0.15) is 28.8 Å². The molecule has 25 heavy (non-hydrogen) atoms. The quantitative estimate of drug-likeness (QED) is 0.509. The van der Waals surface area contributed by atoms with Gasteiger partial charge in [-0.3, -0.25) is 0 Å². The van der Waals surface area contributed by atoms with E-state index >= 15 is 0 Å². The number of rotatable bonds is 3. The molecule has 4 aromatic rings. The molecule has 0 saturated heterocycles. The number of para-hydroxylation sites is 1. The van der Waals surface area contributed by atoms with Gasteiger partial charge in [-0.05, 0) is 37.3 Å². The molecule has 0 radical (unpaired) electrons. The number of fused-ring (bicyclic) bond motifs is 4. The zero-order valence-corrected chi connectivity index (χ0v) is 14.5. The number of azo groups is 1. The van der Waals surface area contributed by atoms with Crippen molar-refractivity contribution in [1.29, 1.82) is 0 Å². The van der Waals surface area contributed by atoms with Gasteiger partial charge in [0.25, 0.3) is 0 Å². The van der Waals surface area contributed by atoms with Gasteiger partial charge in [-0.2, -0.15) is 5.11 Å². The number of nitrogens with one attached hydrogen (secondary N) is 1. The van der Waals surface area contributed by atoms with Gasteiger partial charge in [0, 0.05) is 27.5 Å². The fourth-order valence-electron chi connectivity index (χ4n) is 3.59. The van der Waals surface area contributed by atoms with Gasteiger partial charge < -0.3 is 4.98 Å². The zero-order chi connectivity index (χ0) is 16.6. The Morgan fingerprint density at radius 3 is 3.04 bits per heavy atom. The van der Waals surface area contributed by atoms with Crippen LogP contribution >= 0.6 is 11.3 Å². The molecule has 0 spiro atoms. The number of nitrogens with zero attached hydrogens (tertiary/aromatic N) is 4. The van der Waals surface area contributed by atoms with Crippen molar-refractivity contribution in [2.75, 3.05) is 0 Å². The van der Waals surface area contributed by atoms with Gasteiger partial charge in [0.15, 0.2) is 5.82 Å². The van der Waals surface area contributed by atoms with Crippen molar-refractivity contribution >= 4 is 38.3 Å². The van der Waals surface area contributed by atoms with Crippen molar-refractivity contribution in [2.45, 2.75) is 32.2 Å². The first-order chi connectivity index (χ1) is 12.4. The summed E-state index contributed by atoms with van der Waals surface area (Å²) in [4.78, 5) is 14.6. The predicted octanol–water partition coefficient (Wildman–Crippen LogP) is 5.34. The highest BCUT2D eigenvalue weighted by Crippen LogP contribution is 2.39. The molecular weight excluding hydrogens is 330 g/mol. The maximum Gasteiger partial charge on any atom is 0.186 e. The highest BCUT2D eigenvalue weighted by Gasteiger charge is 2.19. The van der Waals surface area contributed by atoms with Gasteiger partial charge in [0.2, 0.25) is 0 Å². The van der Waals surface area contributed by atoms with Crippen molar-refractivity contribution < 1.29 is 0 Å². The van der Waals surface area contributed by atoms with Crippen LogP contribution in [0.4, 0.5) is 5.82 Å². The molecule has 5 nitrogen and oxygen atoms in total. The Labute approximate surface area is 148 Å². The van der Waals surface area contributed by atoms with Crippen molar-refractivity contribution in [3.05, 3.63) is 52.8 Å². The molecule has 0 aliphatic heterocycles. The summed E-state index contributed by atoms with van der Waals surface area (Å²) in [5.74, 6) is 0.712. The van der Waals surface area contributed by atoms with E-state index in [1.54, 1.807) is 17.7 Å². The molecule has 1 aliphatic rings. The summed E-state index contributed by atoms with van der Waals surface area (Å²) >= 11 is 1.79. The summed E-state index contributed by atoms with van der Waals surface area (Å²) in [7, 11) is 0. The average Bonchev–Trinajstić information content (AvgIpc) is 3.23. The van der Waals surface area contributed by atoms with Crippen LogP contribution in [0.5, 0.6) is 0 Å². The van der Waals surface area contributed by atoms with Crippen molar-refractivity contribution in [3.63, 3.8) is 0 Å². The van der Waals surface area contributed by atoms with Gasteiger partial charge in [-0.15, -0.1) is 16.5 Å². The Balaban J connectivity index is 1.49. The van der Waals surface area contributed by atoms with E-state index in [2.05, 4.69) is 37.3 Å². The van der Waals surface area contributed by atoms with Crippen LogP contribution in [0.2, 0.25) is 0 Å². The highest BCUT2D eigenvalue weighted by atomic mass is 32.1. The summed E-state index contributed by atoms with van der Waals surface area (Å²) in [5.41, 5.74) is 3.67. The first-order valence-corrected chi connectivity index (χ1v) is 9.39. The number of aryl methyl sites for hydroxylation is 2. The van der Waals surface area contributed by atoms with E-state index < -0.39 is 0 Å². The molecule has 0 unspecified atom stereocenters. The Morgan fingerprint density at radius 2 is 2.04 bits per heavy atom. The van der Waals surface area contributed by atoms with Crippen LogP contribution in [0.3, 0.4) is 0 Å². The van der Waals surface area contributed by atoms with Crippen molar-refractivity contribution in [1.82, 2.24) is 15.0 Å². The largest absolute Gasteiger partial charge is 0.361 e. The standard InChI is InChI=1S/C19H17N5S/c1-3-7-15-13(5-1)12(9-20-15)10-23-24-18-17-14-6-2-4-8-16(14)25-19(17)22-11-21-18/h1,3,5,7,9,11,20H,2,4,6,8,10H2. The third-order valence-electron chi connectivity index (χ3n) is 4.81. The van der Waals surface area contributed by atoms with Gasteiger partial charge in [0.05, 0.1) is 11.9 Å². The first-order valence-electron chi connectivity index (χ1n) is 8.58. The summed E-state index contributed by atoms with van der Waals surface area (Å²) in [5, 5.41) is 11.2. The maximum atomic E-state index is 4.46. The molecule has 1 N–H and O–H groups in total. The summed E-state index contributed by atoms with van der Waals surface area (Å²) in [6.45, 7) is 0.543. The Morgan fingerprint density at radius 1 is 1.12 bits per heavy atom. The van der Waals surface area contributed by atoms with E-state index in [1.165, 1.54) is 28.7 Å². The first kappa shape index (κ1) is 14.7. The molecule has 5 rings (SSSR count). The van der Waals surface area contributed by atoms with E-state index in [1.807, 2.05) is 18.3 Å². The van der Waals surface area contributed by atoms with Gasteiger partial charge in [0.1, 0.15) is 11.2 Å². The van der Waals surface area contributed by atoms with Crippen molar-refractivity contribution in [3.8, 4) is 0 Å². The van der Waals surface area contributed by atoms with Crippen molar-refractivity contribution in [2.24, 2.45) is 10.2 Å². The number of hydrogen-bond acceptors (Lipinski definition) is 5. The summed E-state index contributed by atoms with van der Waals surface area (Å²) in [6, 6.07) is 8.25. The van der Waals surface area contributed by atoms with Gasteiger partial charge in [-0.1, -0.05) is 18.2 Å². The third-order valence-corrected chi connectivity index (χ3v) is 6.01. The average molecular weight is 347 g/mol. The van der Waals surface area contributed by atoms with Gasteiger partial charge in [-0.25, -0.2) is 9.97 Å². The minimum absolute atomic E-state index is 0.543. The molecule has 3 aromatic heterocycles. The van der Waals surface area contributed by atoms with Crippen LogP contribution in [0.15, 0.2) is 47.0 Å². The molecule has 124 valence electrons. The molecule has 0 saturated carbocycles. The zero-order valence-electron chi connectivity index (χ0n) is 13.7. The molecule has 0 amide bonds. The van der Waals surface area contributed by atoms with E-state index in [0.29, 0.717) is 12.4 Å². The maximum absolute atomic E-state index is 4.46. The topological polar surface area (TPSA) is 66.3 Å². The Hall–Kier alpha value is -2.60. The lowest BCUT2D eigenvalue weighted by atomic mass is 9.97. The fraction of sp³-hybridized carbons (Fsp3) is 0.263. The molecule has 0 fully saturated rings. The van der Waals surface area contributed by atoms with Crippen LogP contribution in [-0.4, -0.2) is 15.0 Å². The second kappa shape index (κ2) is 6.04. The molecule has 1 aromatic carbocycles. The predicted molar refractivity (Wildman–Crippen MR) is 101 cm³/mol. The number of benzene rings is 1. The lowest BCUT2D eigenvalue weighted by Gasteiger charge is -2.10. The number of H-pyrrole nitrogens is 1. The molecule has 0 bridgehead atoms. The van der Waals surface area contributed by atoms with Gasteiger partial charge >= 0.3 is 0 Å². The number of thiophene rings is 1. The van der Waals surface area contributed by atoms with Crippen LogP contribution in [0, 0.1) is 0 Å². The van der Waals surface area contributed by atoms with Crippen LogP contribution in [0.25, 0.3) is 21.1 Å². The van der Waals surface area contributed by atoms with Crippen LogP contribution < -0.4 is 0 Å². The second-order valence-electron chi connectivity index (χ2n) is 6.35. The summed E-state index contributed by atoms with van der Waals surface area (Å²) < 4.78 is 0. The smallest absolute Gasteiger partial charge is 0.186 e. The number of aromatic nitrogens is 3. The van der Waals surface area contributed by atoms with E-state index in [0.717, 1.165) is 34.1 Å². The SMILES string of the molecule is c1ccc2c(CN=Nc3ncnc4sc5c(c34)CCCC5)c[nH]c2c1. The number of aromatic amines is 1. The molecular formula is C19H17N5S. The Bertz CT molecular complexity index is 1090. The normalized spacial score (nSPS) is 14.6. The van der Waals surface area contributed by atoms with E-state index in [4.69, 9.17) is 0 Å². The second-order valence-corrected chi connectivity index (χ2v) is 7.43. The lowest BCUT2D eigenvalue weighted by Crippen LogP contribution is -1.98. The Kier molecular flexibility index (Phi) is 3.56. The van der Waals surface area contributed by atoms with E-state index in [-0.39, 0.29) is 0 Å². The molecule has 6 heteroatoms. The highest BCUT2D eigenvalue weighted by molar-refractivity contribution is 7.18.